The molecule has 4 heteroatoms. The molecular weight excluding hydrogens is 254 g/mol. The number of rotatable bonds is 5. The summed E-state index contributed by atoms with van der Waals surface area (Å²) in [4.78, 5) is 5.55. The molecule has 0 spiro atoms. The van der Waals surface area contributed by atoms with Crippen LogP contribution in [0.15, 0.2) is 41.7 Å². The minimum Gasteiger partial charge on any atom is -0.331 e. The number of nitrogens with two attached hydrogens (primary N) is 1. The van der Waals surface area contributed by atoms with E-state index in [4.69, 9.17) is 5.73 Å². The topological polar surface area (TPSA) is 43.8 Å². The molecule has 3 rings (SSSR count). The lowest BCUT2D eigenvalue weighted by atomic mass is 10.1. The Labute approximate surface area is 118 Å². The van der Waals surface area contributed by atoms with Crippen molar-refractivity contribution in [2.24, 2.45) is 5.73 Å². The van der Waals surface area contributed by atoms with Gasteiger partial charge in [0.05, 0.1) is 6.33 Å². The third-order valence-electron chi connectivity index (χ3n) is 3.46. The lowest BCUT2D eigenvalue weighted by molar-refractivity contribution is 0.714. The van der Waals surface area contributed by atoms with Crippen molar-refractivity contribution in [2.45, 2.75) is 42.5 Å². The Hall–Kier alpha value is -1.26. The smallest absolute Gasteiger partial charge is 0.0951 e. The van der Waals surface area contributed by atoms with Crippen molar-refractivity contribution in [1.82, 2.24) is 9.55 Å². The molecule has 0 bridgehead atoms. The van der Waals surface area contributed by atoms with Crippen LogP contribution >= 0.6 is 11.8 Å². The second-order valence-corrected chi connectivity index (χ2v) is 6.22. The van der Waals surface area contributed by atoms with Crippen molar-refractivity contribution in [3.63, 3.8) is 0 Å². The van der Waals surface area contributed by atoms with Gasteiger partial charge in [-0.15, -0.1) is 11.8 Å². The molecule has 1 aliphatic rings. The molecule has 0 aliphatic heterocycles. The molecule has 1 unspecified atom stereocenters. The average Bonchev–Trinajstić information content (AvgIpc) is 3.16. The Kier molecular flexibility index (Phi) is 3.62. The van der Waals surface area contributed by atoms with Gasteiger partial charge < -0.3 is 10.3 Å². The molecule has 1 heterocycles. The molecule has 2 aromatic rings. The van der Waals surface area contributed by atoms with Crippen LogP contribution in [-0.2, 0) is 5.75 Å². The highest BCUT2D eigenvalue weighted by molar-refractivity contribution is 7.98. The molecule has 1 aromatic heterocycles. The van der Waals surface area contributed by atoms with Crippen LogP contribution in [0.4, 0.5) is 0 Å². The molecular formula is C15H19N3S. The summed E-state index contributed by atoms with van der Waals surface area (Å²) in [5, 5.41) is 0. The zero-order valence-electron chi connectivity index (χ0n) is 11.1. The van der Waals surface area contributed by atoms with Gasteiger partial charge in [-0.05, 0) is 37.5 Å². The molecule has 0 radical (unpaired) electrons. The first-order chi connectivity index (χ1) is 9.24. The average molecular weight is 273 g/mol. The zero-order valence-corrected chi connectivity index (χ0v) is 11.9. The van der Waals surface area contributed by atoms with E-state index in [2.05, 4.69) is 33.8 Å². The van der Waals surface area contributed by atoms with Crippen LogP contribution in [0.25, 0.3) is 0 Å². The quantitative estimate of drug-likeness (QED) is 0.848. The number of aromatic nitrogens is 2. The first-order valence-corrected chi connectivity index (χ1v) is 7.71. The van der Waals surface area contributed by atoms with Gasteiger partial charge in [0.15, 0.2) is 0 Å². The fraction of sp³-hybridized carbons (Fsp3) is 0.400. The third kappa shape index (κ3) is 3.01. The summed E-state index contributed by atoms with van der Waals surface area (Å²) in [6.07, 6.45) is 6.55. The van der Waals surface area contributed by atoms with Gasteiger partial charge in [-0.25, -0.2) is 4.98 Å². The standard InChI is InChI=1S/C15H19N3S/c1-11(16)12-3-2-4-15(7-12)19-9-14-8-17-10-18(14)13-5-6-13/h2-4,7-8,10-11,13H,5-6,9,16H2,1H3. The van der Waals surface area contributed by atoms with Crippen molar-refractivity contribution in [3.05, 3.63) is 48.0 Å². The molecule has 0 amide bonds. The lowest BCUT2D eigenvalue weighted by Gasteiger charge is -2.09. The first-order valence-electron chi connectivity index (χ1n) is 6.73. The highest BCUT2D eigenvalue weighted by atomic mass is 32.2. The maximum Gasteiger partial charge on any atom is 0.0951 e. The molecule has 2 N–H and O–H groups in total. The van der Waals surface area contributed by atoms with Crippen LogP contribution in [0.1, 0.15) is 43.1 Å². The first kappa shape index (κ1) is 12.8. The van der Waals surface area contributed by atoms with Gasteiger partial charge in [-0.3, -0.25) is 0 Å². The summed E-state index contributed by atoms with van der Waals surface area (Å²) in [6, 6.07) is 9.30. The van der Waals surface area contributed by atoms with Gasteiger partial charge >= 0.3 is 0 Å². The van der Waals surface area contributed by atoms with E-state index in [0.29, 0.717) is 6.04 Å². The Morgan fingerprint density at radius 3 is 3.05 bits per heavy atom. The molecule has 1 aromatic carbocycles. The summed E-state index contributed by atoms with van der Waals surface area (Å²) < 4.78 is 2.32. The molecule has 100 valence electrons. The van der Waals surface area contributed by atoms with Crippen molar-refractivity contribution >= 4 is 11.8 Å². The van der Waals surface area contributed by atoms with Crippen molar-refractivity contribution in [1.29, 1.82) is 0 Å². The molecule has 1 atom stereocenters. The second kappa shape index (κ2) is 5.39. The SMILES string of the molecule is CC(N)c1cccc(SCc2cncn2C2CC2)c1. The van der Waals surface area contributed by atoms with Gasteiger partial charge in [-0.1, -0.05) is 12.1 Å². The highest BCUT2D eigenvalue weighted by Crippen LogP contribution is 2.37. The van der Waals surface area contributed by atoms with E-state index in [1.54, 1.807) is 0 Å². The largest absolute Gasteiger partial charge is 0.331 e. The maximum absolute atomic E-state index is 5.92. The predicted octanol–water partition coefficient (Wildman–Crippen LogP) is 3.53. The highest BCUT2D eigenvalue weighted by Gasteiger charge is 2.25. The number of hydrogen-bond acceptors (Lipinski definition) is 3. The number of thioether (sulfide) groups is 1. The monoisotopic (exact) mass is 273 g/mol. The van der Waals surface area contributed by atoms with Gasteiger partial charge in [-0.2, -0.15) is 0 Å². The van der Waals surface area contributed by atoms with Gasteiger partial charge in [0, 0.05) is 34.6 Å². The molecule has 1 fully saturated rings. The Morgan fingerprint density at radius 2 is 2.32 bits per heavy atom. The van der Waals surface area contributed by atoms with E-state index in [9.17, 15) is 0 Å². The fourth-order valence-electron chi connectivity index (χ4n) is 2.17. The molecule has 1 saturated carbocycles. The van der Waals surface area contributed by atoms with E-state index in [1.807, 2.05) is 31.2 Å². The molecule has 3 nitrogen and oxygen atoms in total. The predicted molar refractivity (Wildman–Crippen MR) is 79.1 cm³/mol. The third-order valence-corrected chi connectivity index (χ3v) is 4.48. The van der Waals surface area contributed by atoms with Crippen molar-refractivity contribution < 1.29 is 0 Å². The number of imidazole rings is 1. The maximum atomic E-state index is 5.92. The van der Waals surface area contributed by atoms with Crippen LogP contribution in [0.3, 0.4) is 0 Å². The van der Waals surface area contributed by atoms with Crippen LogP contribution < -0.4 is 5.73 Å². The minimum absolute atomic E-state index is 0.0949. The van der Waals surface area contributed by atoms with Gasteiger partial charge in [0.25, 0.3) is 0 Å². The van der Waals surface area contributed by atoms with E-state index >= 15 is 0 Å². The summed E-state index contributed by atoms with van der Waals surface area (Å²) in [5.41, 5.74) is 8.44. The fourth-order valence-corrected chi connectivity index (χ4v) is 3.10. The summed E-state index contributed by atoms with van der Waals surface area (Å²) in [6.45, 7) is 2.02. The van der Waals surface area contributed by atoms with Crippen LogP contribution in [0.2, 0.25) is 0 Å². The Morgan fingerprint density at radius 1 is 1.47 bits per heavy atom. The second-order valence-electron chi connectivity index (χ2n) is 5.17. The Bertz CT molecular complexity index is 558. The summed E-state index contributed by atoms with van der Waals surface area (Å²) in [5.74, 6) is 0.971. The Balaban J connectivity index is 1.68. The van der Waals surface area contributed by atoms with E-state index < -0.39 is 0 Å². The van der Waals surface area contributed by atoms with Crippen LogP contribution in [0.5, 0.6) is 0 Å². The molecule has 19 heavy (non-hydrogen) atoms. The minimum atomic E-state index is 0.0949. The van der Waals surface area contributed by atoms with Crippen LogP contribution in [0, 0.1) is 0 Å². The number of benzene rings is 1. The van der Waals surface area contributed by atoms with Gasteiger partial charge in [0.1, 0.15) is 0 Å². The molecule has 1 aliphatic carbocycles. The number of hydrogen-bond donors (Lipinski definition) is 1. The van der Waals surface area contributed by atoms with Crippen molar-refractivity contribution in [3.8, 4) is 0 Å². The summed E-state index contributed by atoms with van der Waals surface area (Å²) in [7, 11) is 0. The number of nitrogens with zero attached hydrogens (tertiary/aromatic N) is 2. The van der Waals surface area contributed by atoms with Gasteiger partial charge in [0.2, 0.25) is 0 Å². The summed E-state index contributed by atoms with van der Waals surface area (Å²) >= 11 is 1.85. The van der Waals surface area contributed by atoms with Crippen molar-refractivity contribution in [2.75, 3.05) is 0 Å². The zero-order chi connectivity index (χ0) is 13.2. The lowest BCUT2D eigenvalue weighted by Crippen LogP contribution is -2.04. The van der Waals surface area contributed by atoms with E-state index in [0.717, 1.165) is 5.75 Å². The van der Waals surface area contributed by atoms with E-state index in [1.165, 1.54) is 29.0 Å². The molecule has 0 saturated heterocycles. The van der Waals surface area contributed by atoms with E-state index in [-0.39, 0.29) is 6.04 Å². The van der Waals surface area contributed by atoms with Crippen LogP contribution in [-0.4, -0.2) is 9.55 Å². The normalized spacial score (nSPS) is 16.5.